The van der Waals surface area contributed by atoms with E-state index in [1.54, 1.807) is 18.7 Å². The Balaban J connectivity index is 0.000000187. The number of nitrogens with zero attached hydrogens (tertiary/aromatic N) is 3. The predicted molar refractivity (Wildman–Crippen MR) is 60.4 cm³/mol. The highest BCUT2D eigenvalue weighted by Gasteiger charge is 1.99. The summed E-state index contributed by atoms with van der Waals surface area (Å²) in [7, 11) is 0. The summed E-state index contributed by atoms with van der Waals surface area (Å²) in [5.74, 6) is 0. The number of hydrogen-bond donors (Lipinski definition) is 1. The molecule has 2 aromatic heterocycles. The molecule has 82 valence electrons. The highest BCUT2D eigenvalue weighted by molar-refractivity contribution is 4.78. The monoisotopic (exact) mass is 206 g/mol. The van der Waals surface area contributed by atoms with Gasteiger partial charge in [0.15, 0.2) is 0 Å². The van der Waals surface area contributed by atoms with Crippen LogP contribution < -0.4 is 0 Å². The minimum atomic E-state index is 0.604. The van der Waals surface area contributed by atoms with Gasteiger partial charge in [0.25, 0.3) is 0 Å². The van der Waals surface area contributed by atoms with Crippen molar-refractivity contribution in [3.63, 3.8) is 0 Å². The number of aromatic amines is 1. The van der Waals surface area contributed by atoms with E-state index in [-0.39, 0.29) is 0 Å². The first-order valence-electron chi connectivity index (χ1n) is 5.24. The van der Waals surface area contributed by atoms with E-state index in [0.717, 1.165) is 0 Å². The molecule has 0 saturated carbocycles. The van der Waals surface area contributed by atoms with Crippen molar-refractivity contribution >= 4 is 0 Å². The quantitative estimate of drug-likeness (QED) is 0.839. The van der Waals surface area contributed by atoms with Crippen LogP contribution in [0.4, 0.5) is 0 Å². The summed E-state index contributed by atoms with van der Waals surface area (Å²) in [4.78, 5) is 10.4. The Morgan fingerprint density at radius 3 is 2.60 bits per heavy atom. The molecule has 0 fully saturated rings. The maximum absolute atomic E-state index is 3.99. The largest absolute Gasteiger partial charge is 0.351 e. The molecule has 1 atom stereocenters. The van der Waals surface area contributed by atoms with Crippen LogP contribution >= 0.6 is 0 Å². The van der Waals surface area contributed by atoms with Gasteiger partial charge < -0.3 is 9.55 Å². The van der Waals surface area contributed by atoms with Crippen LogP contribution in [0.3, 0.4) is 0 Å². The van der Waals surface area contributed by atoms with Gasteiger partial charge in [-0.15, -0.1) is 0 Å². The third-order valence-corrected chi connectivity index (χ3v) is 2.15. The van der Waals surface area contributed by atoms with E-state index in [1.807, 2.05) is 18.7 Å². The van der Waals surface area contributed by atoms with Crippen molar-refractivity contribution in [3.8, 4) is 0 Å². The van der Waals surface area contributed by atoms with E-state index in [2.05, 4.69) is 33.4 Å². The Hall–Kier alpha value is -1.58. The van der Waals surface area contributed by atoms with Crippen LogP contribution in [0.1, 0.15) is 32.7 Å². The average Bonchev–Trinajstić information content (AvgIpc) is 2.95. The molecule has 15 heavy (non-hydrogen) atoms. The van der Waals surface area contributed by atoms with Gasteiger partial charge in [-0.3, -0.25) is 0 Å². The second-order valence-electron chi connectivity index (χ2n) is 3.41. The third-order valence-electron chi connectivity index (χ3n) is 2.15. The van der Waals surface area contributed by atoms with E-state index in [0.29, 0.717) is 6.04 Å². The standard InChI is InChI=1S/C8H14N2.C3H4N2/c1-3-4-8(2)10-6-5-9-7-10;1-2-5-3-4-1/h5-8H,3-4H2,1-2H3;1-3H,(H,4,5). The molecule has 2 aromatic rings. The first-order chi connectivity index (χ1) is 7.34. The topological polar surface area (TPSA) is 46.5 Å². The van der Waals surface area contributed by atoms with E-state index >= 15 is 0 Å². The lowest BCUT2D eigenvalue weighted by molar-refractivity contribution is 0.500. The lowest BCUT2D eigenvalue weighted by Gasteiger charge is -2.10. The summed E-state index contributed by atoms with van der Waals surface area (Å²) in [6, 6.07) is 0.604. The Morgan fingerprint density at radius 2 is 2.20 bits per heavy atom. The average molecular weight is 206 g/mol. The maximum Gasteiger partial charge on any atom is 0.0948 e. The number of imidazole rings is 2. The van der Waals surface area contributed by atoms with Crippen molar-refractivity contribution in [2.75, 3.05) is 0 Å². The summed E-state index contributed by atoms with van der Waals surface area (Å²) >= 11 is 0. The first kappa shape index (κ1) is 11.5. The van der Waals surface area contributed by atoms with Gasteiger partial charge in [-0.25, -0.2) is 9.97 Å². The second-order valence-corrected chi connectivity index (χ2v) is 3.41. The first-order valence-corrected chi connectivity index (χ1v) is 5.24. The molecule has 2 rings (SSSR count). The Morgan fingerprint density at radius 1 is 1.33 bits per heavy atom. The van der Waals surface area contributed by atoms with Crippen molar-refractivity contribution in [2.24, 2.45) is 0 Å². The van der Waals surface area contributed by atoms with Crippen LogP contribution in [0.2, 0.25) is 0 Å². The molecule has 0 saturated heterocycles. The molecule has 2 heterocycles. The smallest absolute Gasteiger partial charge is 0.0948 e. The minimum Gasteiger partial charge on any atom is -0.351 e. The van der Waals surface area contributed by atoms with Crippen molar-refractivity contribution in [2.45, 2.75) is 32.7 Å². The number of H-pyrrole nitrogens is 1. The van der Waals surface area contributed by atoms with E-state index in [9.17, 15) is 0 Å². The Labute approximate surface area is 90.4 Å². The molecule has 0 bridgehead atoms. The molecule has 1 N–H and O–H groups in total. The zero-order valence-corrected chi connectivity index (χ0v) is 9.30. The molecular weight excluding hydrogens is 188 g/mol. The van der Waals surface area contributed by atoms with E-state index in [4.69, 9.17) is 0 Å². The van der Waals surface area contributed by atoms with Gasteiger partial charge in [0.05, 0.1) is 12.7 Å². The molecule has 0 radical (unpaired) electrons. The Bertz CT molecular complexity index is 295. The Kier molecular flexibility index (Phi) is 5.22. The molecule has 0 aliphatic carbocycles. The summed E-state index contributed by atoms with van der Waals surface area (Å²) in [6.45, 7) is 4.42. The normalized spacial score (nSPS) is 11.6. The zero-order valence-electron chi connectivity index (χ0n) is 9.30. The zero-order chi connectivity index (χ0) is 10.9. The van der Waals surface area contributed by atoms with Gasteiger partial charge in [-0.2, -0.15) is 0 Å². The molecule has 1 unspecified atom stereocenters. The van der Waals surface area contributed by atoms with Gasteiger partial charge in [0, 0.05) is 30.8 Å². The van der Waals surface area contributed by atoms with Crippen LogP contribution in [0.15, 0.2) is 37.4 Å². The molecule has 0 aromatic carbocycles. The fourth-order valence-corrected chi connectivity index (χ4v) is 1.31. The lowest BCUT2D eigenvalue weighted by atomic mass is 10.2. The molecule has 0 amide bonds. The number of rotatable bonds is 3. The lowest BCUT2D eigenvalue weighted by Crippen LogP contribution is -2.00. The molecule has 0 spiro atoms. The van der Waals surface area contributed by atoms with Crippen LogP contribution in [0.5, 0.6) is 0 Å². The fourth-order valence-electron chi connectivity index (χ4n) is 1.31. The number of nitrogens with one attached hydrogen (secondary N) is 1. The highest BCUT2D eigenvalue weighted by Crippen LogP contribution is 2.10. The van der Waals surface area contributed by atoms with Crippen molar-refractivity contribution < 1.29 is 0 Å². The van der Waals surface area contributed by atoms with Crippen LogP contribution in [-0.2, 0) is 0 Å². The minimum absolute atomic E-state index is 0.604. The maximum atomic E-state index is 3.99. The van der Waals surface area contributed by atoms with Crippen LogP contribution in [0, 0.1) is 0 Å². The van der Waals surface area contributed by atoms with Crippen LogP contribution in [0.25, 0.3) is 0 Å². The van der Waals surface area contributed by atoms with Crippen LogP contribution in [-0.4, -0.2) is 19.5 Å². The second kappa shape index (κ2) is 6.81. The SMILES string of the molecule is CCCC(C)n1ccnc1.c1c[nH]cn1. The molecule has 4 heteroatoms. The summed E-state index contributed by atoms with van der Waals surface area (Å²) in [5.41, 5.74) is 0. The van der Waals surface area contributed by atoms with Gasteiger partial charge in [0.2, 0.25) is 0 Å². The summed E-state index contributed by atoms with van der Waals surface area (Å²) in [6.07, 6.45) is 13.3. The number of aromatic nitrogens is 4. The molecule has 4 nitrogen and oxygen atoms in total. The molecule has 0 aliphatic rings. The molecular formula is C11H18N4. The van der Waals surface area contributed by atoms with Gasteiger partial charge >= 0.3 is 0 Å². The van der Waals surface area contributed by atoms with E-state index < -0.39 is 0 Å². The molecule has 0 aliphatic heterocycles. The highest BCUT2D eigenvalue weighted by atomic mass is 15.0. The van der Waals surface area contributed by atoms with Gasteiger partial charge in [-0.1, -0.05) is 13.3 Å². The fraction of sp³-hybridized carbons (Fsp3) is 0.455. The summed E-state index contributed by atoms with van der Waals surface area (Å²) < 4.78 is 2.14. The van der Waals surface area contributed by atoms with Gasteiger partial charge in [0.1, 0.15) is 0 Å². The van der Waals surface area contributed by atoms with Crippen molar-refractivity contribution in [3.05, 3.63) is 37.4 Å². The van der Waals surface area contributed by atoms with Crippen molar-refractivity contribution in [1.82, 2.24) is 19.5 Å². The predicted octanol–water partition coefficient (Wildman–Crippen LogP) is 2.65. The number of hydrogen-bond acceptors (Lipinski definition) is 2. The van der Waals surface area contributed by atoms with Crippen molar-refractivity contribution in [1.29, 1.82) is 0 Å². The third kappa shape index (κ3) is 4.44. The van der Waals surface area contributed by atoms with E-state index in [1.165, 1.54) is 12.8 Å². The summed E-state index contributed by atoms with van der Waals surface area (Å²) in [5, 5.41) is 0. The van der Waals surface area contributed by atoms with Gasteiger partial charge in [-0.05, 0) is 13.3 Å².